The number of rotatable bonds is 6. The predicted octanol–water partition coefficient (Wildman–Crippen LogP) is 6.50. The molecule has 0 bridgehead atoms. The van der Waals surface area contributed by atoms with E-state index in [1.165, 1.54) is 0 Å². The monoisotopic (exact) mass is 529 g/mol. The maximum Gasteiger partial charge on any atom is 0.343 e. The van der Waals surface area contributed by atoms with Crippen LogP contribution in [0.3, 0.4) is 0 Å². The summed E-state index contributed by atoms with van der Waals surface area (Å²) in [6.07, 6.45) is 7.32. The minimum atomic E-state index is -3.87. The molecule has 2 aliphatic carbocycles. The van der Waals surface area contributed by atoms with Gasteiger partial charge in [-0.25, -0.2) is 13.2 Å². The summed E-state index contributed by atoms with van der Waals surface area (Å²) in [4.78, 5) is 13.5. The molecule has 1 heterocycles. The molecule has 196 valence electrons. The van der Waals surface area contributed by atoms with Gasteiger partial charge in [-0.3, -0.25) is 4.72 Å². The zero-order valence-electron chi connectivity index (χ0n) is 21.2. The Hall–Kier alpha value is -3.58. The predicted molar refractivity (Wildman–Crippen MR) is 148 cm³/mol. The van der Waals surface area contributed by atoms with Gasteiger partial charge in [0, 0.05) is 29.0 Å². The molecule has 0 aliphatic heterocycles. The third kappa shape index (κ3) is 4.71. The van der Waals surface area contributed by atoms with E-state index < -0.39 is 15.6 Å². The van der Waals surface area contributed by atoms with Gasteiger partial charge in [-0.05, 0) is 67.2 Å². The van der Waals surface area contributed by atoms with Crippen LogP contribution in [0.4, 0.5) is 5.69 Å². The first-order valence-electron chi connectivity index (χ1n) is 13.4. The van der Waals surface area contributed by atoms with Crippen molar-refractivity contribution in [2.75, 3.05) is 4.72 Å². The number of benzene rings is 3. The van der Waals surface area contributed by atoms with E-state index in [0.717, 1.165) is 55.0 Å². The Morgan fingerprint density at radius 3 is 2.45 bits per heavy atom. The van der Waals surface area contributed by atoms with E-state index in [1.54, 1.807) is 36.4 Å². The topological polar surface area (TPSA) is 96.6 Å². The SMILES string of the molecule is O=c1oc2c(c(O)c1C(c1cccc(NS(=O)(=O)c3cccc4ccccc34)c1)C1CC1)CCCCCC2. The van der Waals surface area contributed by atoms with Gasteiger partial charge >= 0.3 is 5.63 Å². The molecule has 7 heteroatoms. The van der Waals surface area contributed by atoms with Gasteiger partial charge in [0.05, 0.1) is 10.5 Å². The molecule has 1 saturated carbocycles. The molecule has 0 radical (unpaired) electrons. The fourth-order valence-corrected chi connectivity index (χ4v) is 7.11. The fourth-order valence-electron chi connectivity index (χ4n) is 5.83. The Bertz CT molecular complexity index is 1660. The van der Waals surface area contributed by atoms with Crippen LogP contribution in [0, 0.1) is 5.92 Å². The quantitative estimate of drug-likeness (QED) is 0.297. The average molecular weight is 530 g/mol. The van der Waals surface area contributed by atoms with Crippen molar-refractivity contribution in [3.8, 4) is 5.75 Å². The average Bonchev–Trinajstić information content (AvgIpc) is 3.72. The van der Waals surface area contributed by atoms with Crippen LogP contribution in [-0.4, -0.2) is 13.5 Å². The van der Waals surface area contributed by atoms with Crippen molar-refractivity contribution >= 4 is 26.5 Å². The highest BCUT2D eigenvalue weighted by molar-refractivity contribution is 7.93. The molecule has 0 spiro atoms. The molecular weight excluding hydrogens is 498 g/mol. The first kappa shape index (κ1) is 24.7. The number of nitrogens with one attached hydrogen (secondary N) is 1. The first-order valence-corrected chi connectivity index (χ1v) is 14.9. The number of hydrogen-bond acceptors (Lipinski definition) is 5. The lowest BCUT2D eigenvalue weighted by molar-refractivity contribution is 0.382. The maximum absolute atomic E-state index is 13.4. The van der Waals surface area contributed by atoms with Gasteiger partial charge in [0.2, 0.25) is 0 Å². The van der Waals surface area contributed by atoms with Crippen LogP contribution < -0.4 is 10.3 Å². The first-order chi connectivity index (χ1) is 18.4. The van der Waals surface area contributed by atoms with Crippen LogP contribution in [0.1, 0.15) is 66.9 Å². The molecule has 38 heavy (non-hydrogen) atoms. The molecule has 3 aromatic carbocycles. The summed E-state index contributed by atoms with van der Waals surface area (Å²) in [7, 11) is -3.87. The van der Waals surface area contributed by atoms with E-state index in [1.807, 2.05) is 30.3 Å². The smallest absolute Gasteiger partial charge is 0.343 e. The number of anilines is 1. The molecular formula is C31H31NO5S. The molecule has 1 atom stereocenters. The second-order valence-corrected chi connectivity index (χ2v) is 12.1. The van der Waals surface area contributed by atoms with Gasteiger partial charge in [0.25, 0.3) is 10.0 Å². The van der Waals surface area contributed by atoms with E-state index in [9.17, 15) is 18.3 Å². The molecule has 2 N–H and O–H groups in total. The van der Waals surface area contributed by atoms with Gasteiger partial charge in [-0.15, -0.1) is 0 Å². The van der Waals surface area contributed by atoms with Crippen LogP contribution in [-0.2, 0) is 22.9 Å². The highest BCUT2D eigenvalue weighted by Crippen LogP contribution is 2.49. The van der Waals surface area contributed by atoms with E-state index in [-0.39, 0.29) is 22.5 Å². The van der Waals surface area contributed by atoms with Crippen LogP contribution in [0.5, 0.6) is 5.75 Å². The molecule has 0 saturated heterocycles. The summed E-state index contributed by atoms with van der Waals surface area (Å²) in [5.74, 6) is 0.517. The van der Waals surface area contributed by atoms with Crippen molar-refractivity contribution in [1.82, 2.24) is 0 Å². The summed E-state index contributed by atoms with van der Waals surface area (Å²) in [6.45, 7) is 0. The molecule has 1 fully saturated rings. The fraction of sp³-hybridized carbons (Fsp3) is 0.323. The van der Waals surface area contributed by atoms with Gasteiger partial charge < -0.3 is 9.52 Å². The number of aryl methyl sites for hydroxylation is 1. The standard InChI is InChI=1S/C31H31NO5S/c33-30-25-14-3-1-2-4-15-26(25)37-31(34)29(30)28(21-17-18-21)22-11-7-12-23(19-22)32-38(35,36)27-16-8-10-20-9-5-6-13-24(20)27/h5-13,16,19,21,28,32-33H,1-4,14-15,17-18H2. The summed E-state index contributed by atoms with van der Waals surface area (Å²) in [6, 6.07) is 19.8. The third-order valence-corrected chi connectivity index (χ3v) is 9.27. The lowest BCUT2D eigenvalue weighted by atomic mass is 9.85. The molecule has 6 nitrogen and oxygen atoms in total. The summed E-state index contributed by atoms with van der Waals surface area (Å²) in [5, 5.41) is 12.9. The van der Waals surface area contributed by atoms with Crippen LogP contribution in [0.2, 0.25) is 0 Å². The van der Waals surface area contributed by atoms with Crippen molar-refractivity contribution < 1.29 is 17.9 Å². The van der Waals surface area contributed by atoms with E-state index in [0.29, 0.717) is 35.2 Å². The van der Waals surface area contributed by atoms with Gasteiger partial charge in [-0.1, -0.05) is 61.4 Å². The lowest BCUT2D eigenvalue weighted by Gasteiger charge is -2.22. The van der Waals surface area contributed by atoms with Gasteiger partial charge in [0.1, 0.15) is 11.5 Å². The molecule has 1 aromatic heterocycles. The highest BCUT2D eigenvalue weighted by Gasteiger charge is 2.38. The van der Waals surface area contributed by atoms with Crippen LogP contribution in [0.15, 0.2) is 80.8 Å². The summed E-state index contributed by atoms with van der Waals surface area (Å²) in [5.41, 5.74) is 1.79. The van der Waals surface area contributed by atoms with E-state index in [4.69, 9.17) is 4.42 Å². The van der Waals surface area contributed by atoms with Crippen LogP contribution >= 0.6 is 0 Å². The third-order valence-electron chi connectivity index (χ3n) is 7.84. The lowest BCUT2D eigenvalue weighted by Crippen LogP contribution is -2.19. The number of fused-ring (bicyclic) bond motifs is 2. The van der Waals surface area contributed by atoms with Crippen molar-refractivity contribution in [2.45, 2.75) is 62.2 Å². The zero-order chi connectivity index (χ0) is 26.3. The Kier molecular flexibility index (Phi) is 6.48. The summed E-state index contributed by atoms with van der Waals surface area (Å²) < 4.78 is 35.4. The molecule has 0 amide bonds. The van der Waals surface area contributed by atoms with Gasteiger partial charge in [-0.2, -0.15) is 0 Å². The molecule has 6 rings (SSSR count). The van der Waals surface area contributed by atoms with Gasteiger partial charge in [0.15, 0.2) is 0 Å². The minimum Gasteiger partial charge on any atom is -0.507 e. The molecule has 2 aliphatic rings. The Morgan fingerprint density at radius 1 is 0.895 bits per heavy atom. The van der Waals surface area contributed by atoms with Crippen LogP contribution in [0.25, 0.3) is 10.8 Å². The second-order valence-electron chi connectivity index (χ2n) is 10.5. The largest absolute Gasteiger partial charge is 0.507 e. The second kappa shape index (κ2) is 9.95. The zero-order valence-corrected chi connectivity index (χ0v) is 22.0. The highest BCUT2D eigenvalue weighted by atomic mass is 32.2. The molecule has 4 aromatic rings. The van der Waals surface area contributed by atoms with E-state index in [2.05, 4.69) is 4.72 Å². The Morgan fingerprint density at radius 2 is 1.63 bits per heavy atom. The van der Waals surface area contributed by atoms with Crippen molar-refractivity contribution in [3.63, 3.8) is 0 Å². The number of hydrogen-bond donors (Lipinski definition) is 2. The summed E-state index contributed by atoms with van der Waals surface area (Å²) >= 11 is 0. The number of sulfonamides is 1. The number of aromatic hydroxyl groups is 1. The maximum atomic E-state index is 13.4. The van der Waals surface area contributed by atoms with E-state index >= 15 is 0 Å². The Labute approximate surface area is 222 Å². The van der Waals surface area contributed by atoms with Crippen molar-refractivity contribution in [3.05, 3.63) is 99.6 Å². The minimum absolute atomic E-state index is 0.0665. The van der Waals surface area contributed by atoms with Crippen molar-refractivity contribution in [2.24, 2.45) is 5.92 Å². The van der Waals surface area contributed by atoms with Crippen molar-refractivity contribution in [1.29, 1.82) is 0 Å². The Balaban J connectivity index is 1.38. The molecule has 1 unspecified atom stereocenters. The normalized spacial score (nSPS) is 16.8.